The number of hydrogen-bond acceptors (Lipinski definition) is 6. The molecule has 1 unspecified atom stereocenters. The quantitative estimate of drug-likeness (QED) is 0.773. The molecule has 0 amide bonds. The van der Waals surface area contributed by atoms with Crippen LogP contribution in [-0.2, 0) is 0 Å². The molecule has 1 aliphatic rings. The van der Waals surface area contributed by atoms with E-state index in [4.69, 9.17) is 29.6 Å². The molecule has 2 rings (SSSR count). The van der Waals surface area contributed by atoms with Crippen molar-refractivity contribution in [2.24, 2.45) is 10.7 Å². The summed E-state index contributed by atoms with van der Waals surface area (Å²) in [5, 5.41) is 3.77. The van der Waals surface area contributed by atoms with Crippen molar-refractivity contribution in [1.29, 1.82) is 0 Å². The summed E-state index contributed by atoms with van der Waals surface area (Å²) in [6.45, 7) is 0. The van der Waals surface area contributed by atoms with Gasteiger partial charge in [-0.3, -0.25) is 10.7 Å². The Bertz CT molecular complexity index is 465. The van der Waals surface area contributed by atoms with Gasteiger partial charge in [-0.1, -0.05) is 23.8 Å². The van der Waals surface area contributed by atoms with E-state index in [0.717, 1.165) is 5.56 Å². The molecule has 1 aliphatic heterocycles. The largest absolute Gasteiger partial charge is 0.295 e. The summed E-state index contributed by atoms with van der Waals surface area (Å²) in [7, 11) is 1.74. The van der Waals surface area contributed by atoms with Gasteiger partial charge in [-0.15, -0.1) is 5.12 Å². The van der Waals surface area contributed by atoms with Gasteiger partial charge in [0.05, 0.1) is 10.5 Å². The van der Waals surface area contributed by atoms with Crippen molar-refractivity contribution in [2.75, 3.05) is 7.05 Å². The highest BCUT2D eigenvalue weighted by atomic mass is 35.5. The molecular weight excluding hydrogens is 260 g/mol. The Morgan fingerprint density at radius 1 is 1.59 bits per heavy atom. The summed E-state index contributed by atoms with van der Waals surface area (Å²) in [5.74, 6) is 0.608. The third-order valence-electron chi connectivity index (χ3n) is 2.25. The molecule has 1 aromatic heterocycles. The Labute approximate surface area is 109 Å². The minimum absolute atomic E-state index is 0.533. The highest BCUT2D eigenvalue weighted by Crippen LogP contribution is 2.17. The number of rotatable bonds is 3. The van der Waals surface area contributed by atoms with E-state index < -0.39 is 6.29 Å². The molecule has 3 N–H and O–H groups in total. The van der Waals surface area contributed by atoms with E-state index in [2.05, 4.69) is 15.4 Å². The van der Waals surface area contributed by atoms with Gasteiger partial charge in [-0.2, -0.15) is 0 Å². The molecule has 0 spiro atoms. The average Bonchev–Trinajstić information content (AvgIpc) is 2.65. The second-order valence-electron chi connectivity index (χ2n) is 3.28. The van der Waals surface area contributed by atoms with Gasteiger partial charge in [0.15, 0.2) is 12.1 Å². The fourth-order valence-corrected chi connectivity index (χ4v) is 1.93. The summed E-state index contributed by atoms with van der Waals surface area (Å²) in [4.78, 5) is 8.30. The van der Waals surface area contributed by atoms with Gasteiger partial charge in [-0.25, -0.2) is 15.4 Å². The van der Waals surface area contributed by atoms with Crippen LogP contribution < -0.4 is 11.2 Å². The zero-order valence-corrected chi connectivity index (χ0v) is 10.6. The molecule has 17 heavy (non-hydrogen) atoms. The predicted molar refractivity (Wildman–Crippen MR) is 70.2 cm³/mol. The average molecular weight is 271 g/mol. The third kappa shape index (κ3) is 2.28. The molecule has 0 aromatic carbocycles. The van der Waals surface area contributed by atoms with Crippen LogP contribution in [0, 0.1) is 0 Å². The molecule has 0 bridgehead atoms. The van der Waals surface area contributed by atoms with Crippen molar-refractivity contribution in [3.8, 4) is 0 Å². The van der Waals surface area contributed by atoms with Crippen molar-refractivity contribution in [3.63, 3.8) is 0 Å². The van der Waals surface area contributed by atoms with Gasteiger partial charge >= 0.3 is 0 Å². The third-order valence-corrected chi connectivity index (χ3v) is 2.65. The van der Waals surface area contributed by atoms with E-state index in [1.165, 1.54) is 5.49 Å². The molecule has 1 atom stereocenters. The van der Waals surface area contributed by atoms with Crippen LogP contribution in [0.3, 0.4) is 0 Å². The number of hydrogen-bond donors (Lipinski definition) is 2. The van der Waals surface area contributed by atoms with Gasteiger partial charge < -0.3 is 0 Å². The Morgan fingerprint density at radius 2 is 2.35 bits per heavy atom. The number of pyridine rings is 1. The van der Waals surface area contributed by atoms with Crippen LogP contribution in [0.2, 0.25) is 5.02 Å². The fraction of sp³-hybridized carbons (Fsp3) is 0.222. The first-order valence-corrected chi connectivity index (χ1v) is 5.67. The van der Waals surface area contributed by atoms with Gasteiger partial charge in [-0.05, 0) is 6.07 Å². The molecular formula is C9H11ClN6S. The first-order valence-electron chi connectivity index (χ1n) is 4.82. The van der Waals surface area contributed by atoms with Gasteiger partial charge in [0.1, 0.15) is 0 Å². The van der Waals surface area contributed by atoms with E-state index in [1.54, 1.807) is 35.6 Å². The number of thiocarbonyl (C=S) groups is 1. The number of nitrogens with two attached hydrogens (primary N) is 1. The molecule has 90 valence electrons. The molecule has 6 nitrogen and oxygen atoms in total. The Balaban J connectivity index is 2.38. The standard InChI is InChI=1S/C9H11ClN6S/c1-12-16-9(11)14-8(15(16)5-17)6-2-7(10)4-13-3-6/h2-5,9,12H,11H2,1H3. The zero-order valence-electron chi connectivity index (χ0n) is 9.04. The zero-order chi connectivity index (χ0) is 12.4. The topological polar surface area (TPSA) is 69.8 Å². The molecule has 0 saturated carbocycles. The number of amidine groups is 1. The first-order chi connectivity index (χ1) is 8.17. The molecule has 1 aromatic rings. The lowest BCUT2D eigenvalue weighted by Crippen LogP contribution is -2.53. The summed E-state index contributed by atoms with van der Waals surface area (Å²) >= 11 is 10.8. The van der Waals surface area contributed by atoms with Crippen molar-refractivity contribution in [3.05, 3.63) is 29.0 Å². The number of nitrogens with one attached hydrogen (secondary N) is 1. The number of aromatic nitrogens is 1. The smallest absolute Gasteiger partial charge is 0.187 e. The SMILES string of the molecule is CNN1C(N)N=C(c2cncc(Cl)c2)N1C=S. The van der Waals surface area contributed by atoms with Crippen LogP contribution in [0.5, 0.6) is 0 Å². The second kappa shape index (κ2) is 5.03. The maximum atomic E-state index is 5.89. The Morgan fingerprint density at radius 3 is 2.94 bits per heavy atom. The van der Waals surface area contributed by atoms with E-state index in [1.807, 2.05) is 0 Å². The van der Waals surface area contributed by atoms with Crippen molar-refractivity contribution in [2.45, 2.75) is 6.29 Å². The van der Waals surface area contributed by atoms with Crippen molar-refractivity contribution < 1.29 is 0 Å². The monoisotopic (exact) mass is 270 g/mol. The predicted octanol–water partition coefficient (Wildman–Crippen LogP) is 0.348. The van der Waals surface area contributed by atoms with Crippen molar-refractivity contribution >= 4 is 35.1 Å². The molecule has 8 heteroatoms. The van der Waals surface area contributed by atoms with Gasteiger partial charge in [0.25, 0.3) is 0 Å². The molecule has 2 heterocycles. The Kier molecular flexibility index (Phi) is 3.65. The molecule has 0 radical (unpaired) electrons. The van der Waals surface area contributed by atoms with Crippen LogP contribution in [-0.4, -0.2) is 39.8 Å². The highest BCUT2D eigenvalue weighted by Gasteiger charge is 2.30. The summed E-state index contributed by atoms with van der Waals surface area (Å²) in [5.41, 5.74) is 10.9. The van der Waals surface area contributed by atoms with Gasteiger partial charge in [0.2, 0.25) is 0 Å². The number of aliphatic imine (C=N–C) groups is 1. The minimum Gasteiger partial charge on any atom is -0.295 e. The number of nitrogens with zero attached hydrogens (tertiary/aromatic N) is 4. The fourth-order valence-electron chi connectivity index (χ4n) is 1.55. The van der Waals surface area contributed by atoms with E-state index >= 15 is 0 Å². The molecule has 0 fully saturated rings. The van der Waals surface area contributed by atoms with E-state index in [0.29, 0.717) is 10.9 Å². The maximum Gasteiger partial charge on any atom is 0.187 e. The summed E-state index contributed by atoms with van der Waals surface area (Å²) in [6, 6.07) is 1.76. The summed E-state index contributed by atoms with van der Waals surface area (Å²) < 4.78 is 0. The lowest BCUT2D eigenvalue weighted by Gasteiger charge is -2.27. The van der Waals surface area contributed by atoms with Crippen LogP contribution in [0.4, 0.5) is 0 Å². The lowest BCUT2D eigenvalue weighted by atomic mass is 10.2. The van der Waals surface area contributed by atoms with Crippen molar-refractivity contribution in [1.82, 2.24) is 20.5 Å². The van der Waals surface area contributed by atoms with E-state index in [9.17, 15) is 0 Å². The molecule has 0 saturated heterocycles. The first kappa shape index (κ1) is 12.3. The van der Waals surface area contributed by atoms with E-state index in [-0.39, 0.29) is 0 Å². The van der Waals surface area contributed by atoms with Crippen LogP contribution in [0.15, 0.2) is 23.5 Å². The number of halogens is 1. The molecule has 0 aliphatic carbocycles. The van der Waals surface area contributed by atoms with Crippen LogP contribution in [0.1, 0.15) is 5.56 Å². The van der Waals surface area contributed by atoms with Gasteiger partial charge in [0, 0.05) is 25.0 Å². The number of hydrazine groups is 2. The maximum absolute atomic E-state index is 5.89. The normalized spacial score (nSPS) is 20.5. The minimum atomic E-state index is -0.534. The lowest BCUT2D eigenvalue weighted by molar-refractivity contribution is 0.0406. The second-order valence-corrected chi connectivity index (χ2v) is 3.92. The summed E-state index contributed by atoms with van der Waals surface area (Å²) in [6.07, 6.45) is 2.67. The Hall–Kier alpha value is -1.12. The van der Waals surface area contributed by atoms with Crippen LogP contribution in [0.25, 0.3) is 0 Å². The van der Waals surface area contributed by atoms with Crippen LogP contribution >= 0.6 is 23.8 Å². The highest BCUT2D eigenvalue weighted by molar-refractivity contribution is 7.78.